The molecule has 0 bridgehead atoms. The van der Waals surface area contributed by atoms with Crippen LogP contribution in [0.25, 0.3) is 17.1 Å². The minimum absolute atomic E-state index is 0.639. The minimum atomic E-state index is 0.639. The van der Waals surface area contributed by atoms with Crippen LogP contribution in [0.4, 0.5) is 5.95 Å². The number of nitrogens with zero attached hydrogens (tertiary/aromatic N) is 2. The molecule has 104 valence electrons. The van der Waals surface area contributed by atoms with Crippen molar-refractivity contribution in [3.63, 3.8) is 0 Å². The first-order valence-electron chi connectivity index (χ1n) is 6.78. The first-order valence-corrected chi connectivity index (χ1v) is 6.78. The summed E-state index contributed by atoms with van der Waals surface area (Å²) in [6.07, 6.45) is 3.85. The number of para-hydroxylation sites is 2. The van der Waals surface area contributed by atoms with Gasteiger partial charge in [-0.3, -0.25) is 0 Å². The lowest BCUT2D eigenvalue weighted by atomic mass is 10.1. The van der Waals surface area contributed by atoms with Crippen molar-refractivity contribution in [1.29, 1.82) is 0 Å². The molecule has 2 N–H and O–H groups in total. The third-order valence-corrected chi connectivity index (χ3v) is 3.02. The summed E-state index contributed by atoms with van der Waals surface area (Å²) < 4.78 is 0. The Bertz CT molecular complexity index is 752. The van der Waals surface area contributed by atoms with Gasteiger partial charge in [-0.25, -0.2) is 10.4 Å². The Hall–Kier alpha value is -2.88. The van der Waals surface area contributed by atoms with Crippen LogP contribution in [0.15, 0.2) is 65.3 Å². The zero-order chi connectivity index (χ0) is 14.5. The average Bonchev–Trinajstić information content (AvgIpc) is 2.91. The van der Waals surface area contributed by atoms with Crippen LogP contribution in [-0.2, 0) is 0 Å². The number of aromatic nitrogens is 2. The van der Waals surface area contributed by atoms with Crippen LogP contribution in [0, 0.1) is 0 Å². The van der Waals surface area contributed by atoms with Crippen LogP contribution in [0.2, 0.25) is 0 Å². The number of hydrogen-bond donors (Lipinski definition) is 2. The maximum Gasteiger partial charge on any atom is 0.222 e. The molecule has 0 aliphatic heterocycles. The number of anilines is 1. The van der Waals surface area contributed by atoms with Crippen molar-refractivity contribution in [3.8, 4) is 0 Å². The molecule has 1 heterocycles. The number of allylic oxidation sites excluding steroid dienone is 1. The molecule has 0 radical (unpaired) electrons. The number of nitrogens with one attached hydrogen (secondary N) is 2. The molecule has 0 saturated heterocycles. The summed E-state index contributed by atoms with van der Waals surface area (Å²) >= 11 is 0. The Morgan fingerprint density at radius 1 is 1.10 bits per heavy atom. The van der Waals surface area contributed by atoms with Gasteiger partial charge in [-0.15, -0.1) is 0 Å². The lowest BCUT2D eigenvalue weighted by molar-refractivity contribution is 1.21. The summed E-state index contributed by atoms with van der Waals surface area (Å²) in [6.45, 7) is 2.01. The number of hydrazone groups is 1. The molecule has 3 aromatic rings. The van der Waals surface area contributed by atoms with Crippen LogP contribution in [0.3, 0.4) is 0 Å². The van der Waals surface area contributed by atoms with Crippen molar-refractivity contribution >= 4 is 29.3 Å². The van der Waals surface area contributed by atoms with Crippen LogP contribution in [0.1, 0.15) is 12.5 Å². The predicted octanol–water partition coefficient (Wildman–Crippen LogP) is 4.06. The molecule has 4 heteroatoms. The molecule has 0 unspecified atom stereocenters. The van der Waals surface area contributed by atoms with E-state index in [1.54, 1.807) is 6.21 Å². The number of hydrogen-bond acceptors (Lipinski definition) is 3. The third-order valence-electron chi connectivity index (χ3n) is 3.02. The summed E-state index contributed by atoms with van der Waals surface area (Å²) in [5.74, 6) is 0.639. The van der Waals surface area contributed by atoms with Gasteiger partial charge in [0.1, 0.15) is 0 Å². The molecule has 0 amide bonds. The molecular weight excluding hydrogens is 260 g/mol. The van der Waals surface area contributed by atoms with Crippen molar-refractivity contribution in [1.82, 2.24) is 9.97 Å². The van der Waals surface area contributed by atoms with Gasteiger partial charge in [0.15, 0.2) is 0 Å². The molecule has 0 atom stereocenters. The summed E-state index contributed by atoms with van der Waals surface area (Å²) in [6, 6.07) is 18.0. The summed E-state index contributed by atoms with van der Waals surface area (Å²) in [5.41, 5.74) is 7.05. The number of fused-ring (bicyclic) bond motifs is 1. The Kier molecular flexibility index (Phi) is 3.78. The Labute approximate surface area is 123 Å². The maximum absolute atomic E-state index is 4.39. The molecule has 21 heavy (non-hydrogen) atoms. The van der Waals surface area contributed by atoms with Crippen LogP contribution < -0.4 is 5.43 Å². The lowest BCUT2D eigenvalue weighted by Crippen LogP contribution is -1.91. The Morgan fingerprint density at radius 2 is 1.86 bits per heavy atom. The first kappa shape index (κ1) is 13.1. The van der Waals surface area contributed by atoms with Gasteiger partial charge in [0, 0.05) is 0 Å². The van der Waals surface area contributed by atoms with E-state index >= 15 is 0 Å². The van der Waals surface area contributed by atoms with Crippen LogP contribution in [-0.4, -0.2) is 16.2 Å². The number of rotatable bonds is 4. The van der Waals surface area contributed by atoms with Gasteiger partial charge < -0.3 is 4.98 Å². The standard InChI is InChI=1S/C17H16N4/c1-13(11-14-7-3-2-4-8-14)12-18-21-17-19-15-9-5-6-10-16(15)20-17/h2-12H,1H3,(H2,19,20,21)/b13-11+,18-12-. The van der Waals surface area contributed by atoms with Crippen molar-refractivity contribution in [2.75, 3.05) is 5.43 Å². The molecule has 0 aliphatic carbocycles. The fourth-order valence-electron chi connectivity index (χ4n) is 2.05. The molecule has 0 fully saturated rings. The average molecular weight is 276 g/mol. The highest BCUT2D eigenvalue weighted by atomic mass is 15.3. The van der Waals surface area contributed by atoms with Crippen LogP contribution >= 0.6 is 0 Å². The smallest absolute Gasteiger partial charge is 0.222 e. The predicted molar refractivity (Wildman–Crippen MR) is 88.3 cm³/mol. The third kappa shape index (κ3) is 3.36. The maximum atomic E-state index is 4.39. The van der Waals surface area contributed by atoms with Crippen molar-refractivity contribution in [2.45, 2.75) is 6.92 Å². The fourth-order valence-corrected chi connectivity index (χ4v) is 2.05. The number of H-pyrrole nitrogens is 1. The Balaban J connectivity index is 1.67. The second-order valence-corrected chi connectivity index (χ2v) is 4.77. The fraction of sp³-hybridized carbons (Fsp3) is 0.0588. The number of imidazole rings is 1. The lowest BCUT2D eigenvalue weighted by Gasteiger charge is -1.95. The zero-order valence-electron chi connectivity index (χ0n) is 11.7. The molecule has 1 aromatic heterocycles. The molecule has 2 aromatic carbocycles. The number of aromatic amines is 1. The van der Waals surface area contributed by atoms with E-state index in [1.165, 1.54) is 0 Å². The van der Waals surface area contributed by atoms with Crippen molar-refractivity contribution < 1.29 is 0 Å². The molecule has 0 spiro atoms. The van der Waals surface area contributed by atoms with E-state index in [1.807, 2.05) is 49.4 Å². The second kappa shape index (κ2) is 6.05. The van der Waals surface area contributed by atoms with Gasteiger partial charge in [-0.1, -0.05) is 48.5 Å². The Morgan fingerprint density at radius 3 is 2.67 bits per heavy atom. The van der Waals surface area contributed by atoms with Gasteiger partial charge in [0.25, 0.3) is 0 Å². The van der Waals surface area contributed by atoms with Gasteiger partial charge in [0.05, 0.1) is 17.2 Å². The van der Waals surface area contributed by atoms with Gasteiger partial charge in [-0.2, -0.15) is 5.10 Å². The van der Waals surface area contributed by atoms with E-state index in [0.717, 1.165) is 22.2 Å². The van der Waals surface area contributed by atoms with E-state index in [4.69, 9.17) is 0 Å². The van der Waals surface area contributed by atoms with E-state index < -0.39 is 0 Å². The van der Waals surface area contributed by atoms with E-state index in [2.05, 4.69) is 38.7 Å². The molecule has 3 rings (SSSR count). The normalized spacial score (nSPS) is 12.1. The summed E-state index contributed by atoms with van der Waals surface area (Å²) in [4.78, 5) is 7.56. The number of benzene rings is 2. The molecular formula is C17H16N4. The van der Waals surface area contributed by atoms with Gasteiger partial charge in [-0.05, 0) is 30.2 Å². The molecule has 4 nitrogen and oxygen atoms in total. The van der Waals surface area contributed by atoms with E-state index in [0.29, 0.717) is 5.95 Å². The SMILES string of the molecule is CC(/C=N\Nc1nc2ccccc2[nH]1)=C\c1ccccc1. The van der Waals surface area contributed by atoms with Crippen LogP contribution in [0.5, 0.6) is 0 Å². The van der Waals surface area contributed by atoms with E-state index in [-0.39, 0.29) is 0 Å². The second-order valence-electron chi connectivity index (χ2n) is 4.77. The quantitative estimate of drug-likeness (QED) is 0.557. The zero-order valence-corrected chi connectivity index (χ0v) is 11.7. The highest BCUT2D eigenvalue weighted by Gasteiger charge is 1.99. The van der Waals surface area contributed by atoms with Crippen molar-refractivity contribution in [3.05, 3.63) is 65.7 Å². The monoisotopic (exact) mass is 276 g/mol. The van der Waals surface area contributed by atoms with Gasteiger partial charge >= 0.3 is 0 Å². The van der Waals surface area contributed by atoms with Crippen molar-refractivity contribution in [2.24, 2.45) is 5.10 Å². The van der Waals surface area contributed by atoms with Gasteiger partial charge in [0.2, 0.25) is 5.95 Å². The minimum Gasteiger partial charge on any atom is -0.323 e. The largest absolute Gasteiger partial charge is 0.323 e. The topological polar surface area (TPSA) is 53.1 Å². The first-order chi connectivity index (χ1) is 10.3. The summed E-state index contributed by atoms with van der Waals surface area (Å²) in [5, 5.41) is 4.20. The molecule has 0 saturated carbocycles. The molecule has 0 aliphatic rings. The highest BCUT2D eigenvalue weighted by Crippen LogP contribution is 2.13. The van der Waals surface area contributed by atoms with E-state index in [9.17, 15) is 0 Å². The summed E-state index contributed by atoms with van der Waals surface area (Å²) in [7, 11) is 0. The highest BCUT2D eigenvalue weighted by molar-refractivity contribution is 5.85.